The first-order chi connectivity index (χ1) is 57.9. The number of nitrogens with one attached hydrogen (secondary N) is 1. The van der Waals surface area contributed by atoms with E-state index in [9.17, 15) is 29.1 Å². The number of hydrogen-bond acceptors (Lipinski definition) is 24. The summed E-state index contributed by atoms with van der Waals surface area (Å²) in [5.74, 6) is -1.34. The van der Waals surface area contributed by atoms with Crippen molar-refractivity contribution in [3.8, 4) is 0 Å². The van der Waals surface area contributed by atoms with Crippen LogP contribution in [0.5, 0.6) is 0 Å². The number of anilines is 4. The van der Waals surface area contributed by atoms with E-state index in [-0.39, 0.29) is 17.9 Å². The van der Waals surface area contributed by atoms with Gasteiger partial charge in [-0.1, -0.05) is 27.7 Å². The number of aryl methyl sites for hydroxylation is 4. The molecule has 29 heteroatoms. The molecular formula is C91H134N16O13. The SMILES string of the molecule is CCc1c(C(=O)O)cc2c(cnn2C)c1N(CC)C1CCC(N2CC(OC)C2)CC1.CCc1c(C(=O)OC)cc2c(cnn2C)c1N.CCc1c(C(=O)OC)cc2c(cnn2C)c1N(CC)C1CCC(N2CC(OC)C2)CC1.CCc1c(C(=O)OC)cc2c(cnn2C)c1NC1CCC(N2CC(OC)C2)CC1.COC1CN(C2CCC(=O)CC2)C1. The van der Waals surface area contributed by atoms with Crippen LogP contribution in [-0.2, 0) is 91.8 Å². The van der Waals surface area contributed by atoms with Crippen LogP contribution in [0.3, 0.4) is 0 Å². The molecule has 0 atom stereocenters. The lowest BCUT2D eigenvalue weighted by Gasteiger charge is -2.47. The Morgan fingerprint density at radius 3 is 1.06 bits per heavy atom. The Morgan fingerprint density at radius 2 is 0.717 bits per heavy atom. The van der Waals surface area contributed by atoms with Crippen molar-refractivity contribution < 1.29 is 62.2 Å². The second-order valence-corrected chi connectivity index (χ2v) is 33.8. The first-order valence-electron chi connectivity index (χ1n) is 44.0. The van der Waals surface area contributed by atoms with Crippen molar-refractivity contribution in [3.63, 3.8) is 0 Å². The summed E-state index contributed by atoms with van der Waals surface area (Å²) < 4.78 is 43.6. The Kier molecular flexibility index (Phi) is 30.8. The monoisotopic (exact) mass is 1660 g/mol. The van der Waals surface area contributed by atoms with Crippen LogP contribution in [0.15, 0.2) is 49.1 Å². The highest BCUT2D eigenvalue weighted by molar-refractivity contribution is 6.06. The van der Waals surface area contributed by atoms with Gasteiger partial charge < -0.3 is 59.1 Å². The van der Waals surface area contributed by atoms with E-state index >= 15 is 0 Å². The lowest BCUT2D eigenvalue weighted by Crippen LogP contribution is -2.57. The first-order valence-corrected chi connectivity index (χ1v) is 44.0. The van der Waals surface area contributed by atoms with E-state index in [1.165, 1.54) is 78.4 Å². The fourth-order valence-electron chi connectivity index (χ4n) is 20.1. The molecule has 4 aliphatic carbocycles. The quantitative estimate of drug-likeness (QED) is 0.0288. The Labute approximate surface area is 708 Å². The molecule has 0 unspecified atom stereocenters. The third-order valence-electron chi connectivity index (χ3n) is 27.4. The molecule has 4 aromatic heterocycles. The van der Waals surface area contributed by atoms with Crippen molar-refractivity contribution in [2.75, 3.05) is 136 Å². The van der Waals surface area contributed by atoms with Crippen molar-refractivity contribution in [1.82, 2.24) is 58.7 Å². The molecule has 0 spiro atoms. The number of esters is 3. The van der Waals surface area contributed by atoms with E-state index in [4.69, 9.17) is 38.9 Å². The van der Waals surface area contributed by atoms with Crippen LogP contribution < -0.4 is 20.9 Å². The molecule has 0 radical (unpaired) electrons. The number of carboxylic acids is 1. The standard InChI is InChI=1S/C24H36N4O3.C23H34N4O3.C22H32N4O3.C12H15N3O2.C10H17NO2/c1-6-19-20(24(29)31-5)12-22-21(13-25-26(22)3)23(19)28(7-2)17-10-8-16(9-11-17)27-14-18(15-27)30-4;1-5-18-19(23(28)29)11-21-20(12-24-25(21)3)22(18)27(6-2)16-9-7-15(8-10-16)26-13-17(14-26)30-4;1-5-17-18(22(27)29-4)10-20-19(11-23-25(20)2)21(17)24-14-6-8-15(9-7-14)26-12-16(13-26)28-3;1-4-7-8(12(16)17-3)5-10-9(11(7)13)6-14-15(10)2;1-13-10-6-11(7-10)8-2-4-9(12)5-3-8/h12-13,16-18H,6-11,14-15H2,1-5H3;11-12,15-17H,5-10,13-14H2,1-4H3,(H,28,29);10-11,14-16,24H,5-9,12-13H2,1-4H3;5-6H,4,13H2,1-3H3;8,10H,2-7H2,1H3. The average Bonchev–Trinajstić information content (AvgIpc) is 1.74. The number of Topliss-reactive ketones (excluding diaryl/α,β-unsaturated/α-hetero) is 1. The molecule has 4 saturated heterocycles. The van der Waals surface area contributed by atoms with Gasteiger partial charge in [0.05, 0.1) is 126 Å². The molecule has 8 aliphatic rings. The number of likely N-dealkylation sites (tertiary alicyclic amines) is 4. The van der Waals surface area contributed by atoms with Gasteiger partial charge in [-0.2, -0.15) is 20.4 Å². The summed E-state index contributed by atoms with van der Waals surface area (Å²) >= 11 is 0. The highest BCUT2D eigenvalue weighted by Gasteiger charge is 2.41. The Morgan fingerprint density at radius 1 is 0.417 bits per heavy atom. The lowest BCUT2D eigenvalue weighted by molar-refractivity contribution is -0.123. The van der Waals surface area contributed by atoms with Crippen LogP contribution in [0.1, 0.15) is 208 Å². The molecular weight excluding hydrogens is 1530 g/mol. The number of ketones is 1. The molecule has 29 nitrogen and oxygen atoms in total. The maximum Gasteiger partial charge on any atom is 0.338 e. The van der Waals surface area contributed by atoms with E-state index in [1.807, 2.05) is 89.2 Å². The minimum atomic E-state index is -0.860. The number of fused-ring (bicyclic) bond motifs is 4. The summed E-state index contributed by atoms with van der Waals surface area (Å²) in [7, 11) is 19.0. The highest BCUT2D eigenvalue weighted by atomic mass is 16.5. The van der Waals surface area contributed by atoms with Crippen LogP contribution in [0.25, 0.3) is 43.6 Å². The summed E-state index contributed by atoms with van der Waals surface area (Å²) in [6.07, 6.45) is 29.8. The van der Waals surface area contributed by atoms with Gasteiger partial charge in [-0.3, -0.25) is 43.1 Å². The molecule has 8 fully saturated rings. The topological polar surface area (TPSA) is 299 Å². The lowest BCUT2D eigenvalue weighted by atomic mass is 9.86. The predicted molar refractivity (Wildman–Crippen MR) is 470 cm³/mol. The van der Waals surface area contributed by atoms with Crippen molar-refractivity contribution in [1.29, 1.82) is 0 Å². The fraction of sp³-hybridized carbons (Fsp3) is 0.637. The Balaban J connectivity index is 0.000000142. The summed E-state index contributed by atoms with van der Waals surface area (Å²) in [6, 6.07) is 11.4. The zero-order valence-electron chi connectivity index (χ0n) is 74.4. The number of carbonyl (C=O) groups excluding carboxylic acids is 4. The molecule has 120 heavy (non-hydrogen) atoms. The van der Waals surface area contributed by atoms with Crippen molar-refractivity contribution in [2.45, 2.75) is 237 Å². The fourth-order valence-corrected chi connectivity index (χ4v) is 20.1. The van der Waals surface area contributed by atoms with Crippen molar-refractivity contribution in [3.05, 3.63) is 93.6 Å². The third-order valence-corrected chi connectivity index (χ3v) is 27.4. The largest absolute Gasteiger partial charge is 0.478 e. The van der Waals surface area contributed by atoms with Gasteiger partial charge in [0, 0.05) is 210 Å². The molecule has 4 saturated carbocycles. The number of nitrogens with zero attached hydrogens (tertiary/aromatic N) is 14. The van der Waals surface area contributed by atoms with Gasteiger partial charge in [0.1, 0.15) is 5.78 Å². The molecule has 4 aliphatic heterocycles. The minimum Gasteiger partial charge on any atom is -0.478 e. The number of hydrogen-bond donors (Lipinski definition) is 3. The maximum absolute atomic E-state index is 12.6. The number of ether oxygens (including phenoxy) is 7. The first kappa shape index (κ1) is 90.4. The summed E-state index contributed by atoms with van der Waals surface area (Å²) in [4.78, 5) is 75.0. The molecule has 16 rings (SSSR count). The van der Waals surface area contributed by atoms with Gasteiger partial charge in [-0.15, -0.1) is 0 Å². The Hall–Kier alpha value is -8.81. The third kappa shape index (κ3) is 19.3. The van der Waals surface area contributed by atoms with E-state index < -0.39 is 5.97 Å². The minimum absolute atomic E-state index is 0.272. The molecule has 4 aromatic carbocycles. The zero-order valence-corrected chi connectivity index (χ0v) is 74.4. The Bertz CT molecular complexity index is 4820. The number of nitrogens with two attached hydrogens (primary N) is 1. The highest BCUT2D eigenvalue weighted by Crippen LogP contribution is 2.43. The zero-order chi connectivity index (χ0) is 85.9. The summed E-state index contributed by atoms with van der Waals surface area (Å²) in [5, 5.41) is 35.3. The van der Waals surface area contributed by atoms with Gasteiger partial charge >= 0.3 is 23.9 Å². The molecule has 0 amide bonds. The smallest absolute Gasteiger partial charge is 0.338 e. The second kappa shape index (κ2) is 40.9. The maximum atomic E-state index is 12.6. The molecule has 8 heterocycles. The molecule has 656 valence electrons. The molecule has 8 aromatic rings. The number of methoxy groups -OCH3 is 7. The number of nitrogen functional groups attached to an aromatic ring is 1. The van der Waals surface area contributed by atoms with Gasteiger partial charge in [0.25, 0.3) is 0 Å². The van der Waals surface area contributed by atoms with Crippen LogP contribution >= 0.6 is 0 Å². The number of rotatable bonds is 24. The van der Waals surface area contributed by atoms with Crippen molar-refractivity contribution >= 4 is 96.0 Å². The van der Waals surface area contributed by atoms with Crippen LogP contribution in [-0.4, -0.2) is 275 Å². The van der Waals surface area contributed by atoms with E-state index in [0.29, 0.717) is 113 Å². The second-order valence-electron chi connectivity index (χ2n) is 33.8. The number of carbonyl (C=O) groups is 5. The normalized spacial score (nSPS) is 21.7. The number of carboxylic acid groups (broad SMARTS) is 1. The summed E-state index contributed by atoms with van der Waals surface area (Å²) in [5.41, 5.74) is 19.7. The van der Waals surface area contributed by atoms with Gasteiger partial charge in [-0.25, -0.2) is 19.2 Å². The molecule has 0 bridgehead atoms. The van der Waals surface area contributed by atoms with E-state index in [0.717, 1.165) is 207 Å². The predicted octanol–water partition coefficient (Wildman–Crippen LogP) is 12.0. The van der Waals surface area contributed by atoms with Gasteiger partial charge in [-0.05, 0) is 176 Å². The number of aromatic carboxylic acids is 1. The number of benzene rings is 4. The van der Waals surface area contributed by atoms with Crippen LogP contribution in [0, 0.1) is 0 Å². The van der Waals surface area contributed by atoms with Gasteiger partial charge in [0.2, 0.25) is 0 Å². The van der Waals surface area contributed by atoms with E-state index in [2.05, 4.69) is 82.8 Å². The van der Waals surface area contributed by atoms with Crippen LogP contribution in [0.4, 0.5) is 22.7 Å². The van der Waals surface area contributed by atoms with E-state index in [1.54, 1.807) is 49.0 Å². The van der Waals surface area contributed by atoms with Crippen LogP contribution in [0.2, 0.25) is 0 Å². The number of aromatic nitrogens is 8. The summed E-state index contributed by atoms with van der Waals surface area (Å²) in [6.45, 7) is 22.9. The molecule has 4 N–H and O–H groups in total. The average molecular weight is 1660 g/mol. The van der Waals surface area contributed by atoms with Crippen molar-refractivity contribution in [2.24, 2.45) is 28.2 Å². The van der Waals surface area contributed by atoms with Gasteiger partial charge in [0.15, 0.2) is 0 Å².